The molecule has 140 valence electrons. The first-order chi connectivity index (χ1) is 13.4. The second kappa shape index (κ2) is 7.26. The highest BCUT2D eigenvalue weighted by Crippen LogP contribution is 2.26. The van der Waals surface area contributed by atoms with Gasteiger partial charge in [0.2, 0.25) is 14.9 Å². The molecule has 0 unspecified atom stereocenters. The molecule has 0 atom stereocenters. The molecule has 0 bridgehead atoms. The summed E-state index contributed by atoms with van der Waals surface area (Å²) in [6.07, 6.45) is 0. The number of hydrogen-bond donors (Lipinski definition) is 1. The van der Waals surface area contributed by atoms with Crippen LogP contribution in [0.1, 0.15) is 10.6 Å². The monoisotopic (exact) mass is 455 g/mol. The van der Waals surface area contributed by atoms with Crippen LogP contribution in [-0.4, -0.2) is 14.3 Å². The summed E-state index contributed by atoms with van der Waals surface area (Å²) in [7, 11) is -3.84. The number of fused-ring (bicyclic) bond motifs is 1. The van der Waals surface area contributed by atoms with Gasteiger partial charge in [-0.2, -0.15) is 0 Å². The van der Waals surface area contributed by atoms with Crippen molar-refractivity contribution in [2.45, 2.75) is 9.99 Å². The van der Waals surface area contributed by atoms with E-state index in [-0.39, 0.29) is 15.7 Å². The molecule has 1 heterocycles. The van der Waals surface area contributed by atoms with Crippen LogP contribution in [0.5, 0.6) is 0 Å². The van der Waals surface area contributed by atoms with Gasteiger partial charge in [0.05, 0.1) is 4.90 Å². The lowest BCUT2D eigenvalue weighted by molar-refractivity contribution is 0.0991. The number of carbonyl (C=O) groups excluding carboxylic acids is 1. The highest BCUT2D eigenvalue weighted by Gasteiger charge is 2.23. The molecular weight excluding hydrogens is 442 g/mol. The molecule has 0 aliphatic carbocycles. The van der Waals surface area contributed by atoms with Crippen molar-refractivity contribution in [3.63, 3.8) is 0 Å². The van der Waals surface area contributed by atoms with E-state index >= 15 is 0 Å². The van der Waals surface area contributed by atoms with E-state index in [1.165, 1.54) is 24.3 Å². The van der Waals surface area contributed by atoms with Crippen molar-refractivity contribution >= 4 is 48.1 Å². The normalized spacial score (nSPS) is 11.5. The van der Waals surface area contributed by atoms with Crippen LogP contribution >= 0.6 is 15.9 Å². The Morgan fingerprint density at radius 1 is 0.857 bits per heavy atom. The van der Waals surface area contributed by atoms with Gasteiger partial charge in [0, 0.05) is 15.5 Å². The maximum atomic E-state index is 12.7. The SMILES string of the molecule is O=C(Nc1cccc2ccccc12)c1ccc(S(=O)(=O)c2ccc(Br)cc2)o1. The third-order valence-corrected chi connectivity index (χ3v) is 6.40. The number of anilines is 1. The lowest BCUT2D eigenvalue weighted by atomic mass is 10.1. The smallest absolute Gasteiger partial charge is 0.291 e. The third-order valence-electron chi connectivity index (χ3n) is 4.23. The van der Waals surface area contributed by atoms with E-state index in [9.17, 15) is 13.2 Å². The Labute approximate surface area is 170 Å². The zero-order chi connectivity index (χ0) is 19.7. The first-order valence-corrected chi connectivity index (χ1v) is 10.6. The molecule has 4 aromatic rings. The molecule has 1 N–H and O–H groups in total. The van der Waals surface area contributed by atoms with Gasteiger partial charge < -0.3 is 9.73 Å². The summed E-state index contributed by atoms with van der Waals surface area (Å²) in [6.45, 7) is 0. The summed E-state index contributed by atoms with van der Waals surface area (Å²) < 4.78 is 31.5. The molecule has 0 radical (unpaired) electrons. The number of benzene rings is 3. The summed E-state index contributed by atoms with van der Waals surface area (Å²) in [5.74, 6) is -0.600. The lowest BCUT2D eigenvalue weighted by Crippen LogP contribution is -2.11. The molecule has 1 amide bonds. The average Bonchev–Trinajstić information content (AvgIpc) is 3.20. The quantitative estimate of drug-likeness (QED) is 0.453. The summed E-state index contributed by atoms with van der Waals surface area (Å²) >= 11 is 3.27. The minimum Gasteiger partial charge on any atom is -0.439 e. The van der Waals surface area contributed by atoms with E-state index in [2.05, 4.69) is 21.2 Å². The summed E-state index contributed by atoms with van der Waals surface area (Å²) in [5.41, 5.74) is 0.622. The largest absolute Gasteiger partial charge is 0.439 e. The fourth-order valence-corrected chi connectivity index (χ4v) is 4.27. The Balaban J connectivity index is 1.62. The highest BCUT2D eigenvalue weighted by molar-refractivity contribution is 9.10. The molecule has 28 heavy (non-hydrogen) atoms. The molecule has 0 fully saturated rings. The van der Waals surface area contributed by atoms with Crippen LogP contribution in [0.4, 0.5) is 5.69 Å². The molecule has 0 saturated heterocycles. The molecule has 0 spiro atoms. The third kappa shape index (κ3) is 3.46. The van der Waals surface area contributed by atoms with Crippen molar-refractivity contribution in [1.82, 2.24) is 0 Å². The van der Waals surface area contributed by atoms with Crippen molar-refractivity contribution < 1.29 is 17.6 Å². The number of hydrogen-bond acceptors (Lipinski definition) is 4. The fourth-order valence-electron chi connectivity index (χ4n) is 2.83. The van der Waals surface area contributed by atoms with Crippen LogP contribution < -0.4 is 5.32 Å². The van der Waals surface area contributed by atoms with Crippen molar-refractivity contribution in [2.75, 3.05) is 5.32 Å². The number of furan rings is 1. The Morgan fingerprint density at radius 3 is 2.36 bits per heavy atom. The van der Waals surface area contributed by atoms with E-state index in [4.69, 9.17) is 4.42 Å². The van der Waals surface area contributed by atoms with E-state index in [0.717, 1.165) is 15.2 Å². The van der Waals surface area contributed by atoms with E-state index in [1.54, 1.807) is 18.2 Å². The molecule has 3 aromatic carbocycles. The first-order valence-electron chi connectivity index (χ1n) is 8.35. The topological polar surface area (TPSA) is 76.4 Å². The van der Waals surface area contributed by atoms with Crippen LogP contribution in [0, 0.1) is 0 Å². The predicted molar refractivity (Wildman–Crippen MR) is 110 cm³/mol. The molecule has 7 heteroatoms. The zero-order valence-corrected chi connectivity index (χ0v) is 16.8. The molecule has 4 rings (SSSR count). The Kier molecular flexibility index (Phi) is 4.78. The summed E-state index contributed by atoms with van der Waals surface area (Å²) in [5, 5.41) is 4.37. The highest BCUT2D eigenvalue weighted by atomic mass is 79.9. The first kappa shape index (κ1) is 18.5. The standard InChI is InChI=1S/C21H14BrNO4S/c22-15-8-10-16(11-9-15)28(25,26)20-13-12-19(27-20)21(24)23-18-7-3-5-14-4-1-2-6-17(14)18/h1-13H,(H,23,24). The van der Waals surface area contributed by atoms with Crippen LogP contribution in [0.3, 0.4) is 0 Å². The summed E-state index contributed by atoms with van der Waals surface area (Å²) in [6, 6.07) is 22.0. The fraction of sp³-hybridized carbons (Fsp3) is 0. The molecule has 1 aromatic heterocycles. The Morgan fingerprint density at radius 2 is 1.57 bits per heavy atom. The minimum absolute atomic E-state index is 0.0800. The minimum atomic E-state index is -3.84. The molecular formula is C21H14BrNO4S. The van der Waals surface area contributed by atoms with E-state index in [1.807, 2.05) is 36.4 Å². The van der Waals surface area contributed by atoms with Crippen LogP contribution in [-0.2, 0) is 9.84 Å². The van der Waals surface area contributed by atoms with Crippen molar-refractivity contribution in [1.29, 1.82) is 0 Å². The Hall–Kier alpha value is -2.90. The number of halogens is 1. The number of rotatable bonds is 4. The number of sulfone groups is 1. The maximum Gasteiger partial charge on any atom is 0.291 e. The van der Waals surface area contributed by atoms with E-state index < -0.39 is 15.7 Å². The van der Waals surface area contributed by atoms with Gasteiger partial charge in [-0.3, -0.25) is 4.79 Å². The van der Waals surface area contributed by atoms with Gasteiger partial charge in [0.15, 0.2) is 5.76 Å². The van der Waals surface area contributed by atoms with Gasteiger partial charge in [-0.25, -0.2) is 8.42 Å². The van der Waals surface area contributed by atoms with Gasteiger partial charge in [-0.15, -0.1) is 0 Å². The number of nitrogens with one attached hydrogen (secondary N) is 1. The summed E-state index contributed by atoms with van der Waals surface area (Å²) in [4.78, 5) is 12.7. The van der Waals surface area contributed by atoms with Crippen molar-refractivity contribution in [3.8, 4) is 0 Å². The molecule has 0 saturated carbocycles. The van der Waals surface area contributed by atoms with Gasteiger partial charge in [0.25, 0.3) is 5.91 Å². The van der Waals surface area contributed by atoms with E-state index in [0.29, 0.717) is 5.69 Å². The average molecular weight is 456 g/mol. The predicted octanol–water partition coefficient (Wildman–Crippen LogP) is 5.28. The second-order valence-corrected chi connectivity index (χ2v) is 8.85. The van der Waals surface area contributed by atoms with Crippen molar-refractivity contribution in [2.24, 2.45) is 0 Å². The molecule has 5 nitrogen and oxygen atoms in total. The van der Waals surface area contributed by atoms with Gasteiger partial charge in [-0.1, -0.05) is 52.3 Å². The number of carbonyl (C=O) groups is 1. The number of amides is 1. The van der Waals surface area contributed by atoms with Gasteiger partial charge >= 0.3 is 0 Å². The maximum absolute atomic E-state index is 12.7. The lowest BCUT2D eigenvalue weighted by Gasteiger charge is -2.07. The van der Waals surface area contributed by atoms with Gasteiger partial charge in [-0.05, 0) is 47.9 Å². The van der Waals surface area contributed by atoms with Crippen molar-refractivity contribution in [3.05, 3.63) is 89.1 Å². The Bertz CT molecular complexity index is 1270. The van der Waals surface area contributed by atoms with Crippen LogP contribution in [0.2, 0.25) is 0 Å². The zero-order valence-electron chi connectivity index (χ0n) is 14.4. The molecule has 0 aliphatic heterocycles. The van der Waals surface area contributed by atoms with Crippen LogP contribution in [0.25, 0.3) is 10.8 Å². The van der Waals surface area contributed by atoms with Gasteiger partial charge in [0.1, 0.15) is 0 Å². The van der Waals surface area contributed by atoms with Crippen LogP contribution in [0.15, 0.2) is 97.7 Å². The molecule has 0 aliphatic rings. The second-order valence-electron chi connectivity index (χ2n) is 6.06.